The van der Waals surface area contributed by atoms with E-state index in [9.17, 15) is 24.9 Å². The lowest BCUT2D eigenvalue weighted by molar-refractivity contribution is -0.127. The Morgan fingerprint density at radius 3 is 2.32 bits per heavy atom. The molecule has 8 nitrogen and oxygen atoms in total. The van der Waals surface area contributed by atoms with E-state index >= 15 is 0 Å². The number of amides is 3. The van der Waals surface area contributed by atoms with E-state index in [0.717, 1.165) is 4.90 Å². The highest BCUT2D eigenvalue weighted by Gasteiger charge is 2.46. The first kappa shape index (κ1) is 16.7. The van der Waals surface area contributed by atoms with Crippen molar-refractivity contribution in [2.24, 2.45) is 0 Å². The van der Waals surface area contributed by atoms with E-state index in [1.165, 1.54) is 24.3 Å². The molecule has 2 rings (SSSR count). The van der Waals surface area contributed by atoms with Gasteiger partial charge >= 0.3 is 6.03 Å². The van der Waals surface area contributed by atoms with Crippen LogP contribution in [0.3, 0.4) is 0 Å². The van der Waals surface area contributed by atoms with Gasteiger partial charge in [0.1, 0.15) is 24.4 Å². The maximum Gasteiger partial charge on any atom is 0.329 e. The summed E-state index contributed by atoms with van der Waals surface area (Å²) in [5.41, 5.74) is 0.249. The lowest BCUT2D eigenvalue weighted by Gasteiger charge is -2.24. The predicted octanol–water partition coefficient (Wildman–Crippen LogP) is -1.16. The summed E-state index contributed by atoms with van der Waals surface area (Å²) >= 11 is 5.73. The average molecular weight is 331 g/mol. The SMILES string of the molecule is O=C1N[C@H]([C@@H](O)[C@H](O)[C@H](O)CO)C(=O)N1c1ccc(Cl)cc1. The Labute approximate surface area is 130 Å². The summed E-state index contributed by atoms with van der Waals surface area (Å²) in [6, 6.07) is 3.68. The third-order valence-corrected chi connectivity index (χ3v) is 3.58. The molecule has 4 atom stereocenters. The van der Waals surface area contributed by atoms with Crippen LogP contribution < -0.4 is 10.2 Å². The van der Waals surface area contributed by atoms with Crippen LogP contribution in [0.5, 0.6) is 0 Å². The number of carbonyl (C=O) groups is 2. The topological polar surface area (TPSA) is 130 Å². The van der Waals surface area contributed by atoms with Crippen LogP contribution >= 0.6 is 11.6 Å². The molecule has 3 amide bonds. The normalized spacial score (nSPS) is 22.4. The first-order valence-corrected chi connectivity index (χ1v) is 6.79. The largest absolute Gasteiger partial charge is 0.394 e. The Balaban J connectivity index is 2.20. The number of urea groups is 1. The third-order valence-electron chi connectivity index (χ3n) is 3.33. The van der Waals surface area contributed by atoms with Crippen molar-refractivity contribution in [3.63, 3.8) is 0 Å². The molecule has 1 aliphatic heterocycles. The molecule has 1 aliphatic rings. The minimum atomic E-state index is -1.79. The molecular formula is C13H15ClN2O6. The number of anilines is 1. The van der Waals surface area contributed by atoms with E-state index in [1.807, 2.05) is 0 Å². The van der Waals surface area contributed by atoms with Crippen molar-refractivity contribution in [3.8, 4) is 0 Å². The molecule has 1 saturated heterocycles. The molecule has 1 fully saturated rings. The number of nitrogens with one attached hydrogen (secondary N) is 1. The third kappa shape index (κ3) is 3.06. The first-order valence-electron chi connectivity index (χ1n) is 6.42. The van der Waals surface area contributed by atoms with Gasteiger partial charge in [-0.15, -0.1) is 0 Å². The summed E-state index contributed by atoms with van der Waals surface area (Å²) in [5.74, 6) is -0.788. The fourth-order valence-electron chi connectivity index (χ4n) is 2.10. The van der Waals surface area contributed by atoms with Crippen molar-refractivity contribution in [1.82, 2.24) is 5.32 Å². The Hall–Kier alpha value is -1.71. The van der Waals surface area contributed by atoms with Crippen LogP contribution in [0.25, 0.3) is 0 Å². The number of benzene rings is 1. The van der Waals surface area contributed by atoms with Gasteiger partial charge in [0.05, 0.1) is 12.3 Å². The quantitative estimate of drug-likeness (QED) is 0.433. The molecule has 0 unspecified atom stereocenters. The minimum absolute atomic E-state index is 0.249. The Bertz CT molecular complexity index is 566. The van der Waals surface area contributed by atoms with Crippen molar-refractivity contribution >= 4 is 29.2 Å². The molecule has 1 aromatic carbocycles. The smallest absolute Gasteiger partial charge is 0.329 e. The number of aliphatic hydroxyl groups is 4. The van der Waals surface area contributed by atoms with Gasteiger partial charge in [0, 0.05) is 5.02 Å². The molecule has 0 bridgehead atoms. The van der Waals surface area contributed by atoms with Crippen LogP contribution in [-0.4, -0.2) is 63.3 Å². The Morgan fingerprint density at radius 1 is 1.18 bits per heavy atom. The van der Waals surface area contributed by atoms with Crippen LogP contribution in [0.4, 0.5) is 10.5 Å². The number of hydrogen-bond donors (Lipinski definition) is 5. The molecule has 1 heterocycles. The maximum atomic E-state index is 12.3. The zero-order valence-electron chi connectivity index (χ0n) is 11.3. The molecule has 9 heteroatoms. The second kappa shape index (κ2) is 6.59. The van der Waals surface area contributed by atoms with Crippen molar-refractivity contribution in [1.29, 1.82) is 0 Å². The summed E-state index contributed by atoms with van der Waals surface area (Å²) in [6.45, 7) is -0.798. The van der Waals surface area contributed by atoms with Gasteiger partial charge in [-0.3, -0.25) is 4.79 Å². The van der Waals surface area contributed by atoms with E-state index in [4.69, 9.17) is 16.7 Å². The summed E-state index contributed by atoms with van der Waals surface area (Å²) in [6.07, 6.45) is -5.19. The predicted molar refractivity (Wildman–Crippen MR) is 76.4 cm³/mol. The maximum absolute atomic E-state index is 12.3. The van der Waals surface area contributed by atoms with E-state index in [1.54, 1.807) is 0 Å². The highest BCUT2D eigenvalue weighted by atomic mass is 35.5. The summed E-state index contributed by atoms with van der Waals surface area (Å²) in [4.78, 5) is 24.9. The van der Waals surface area contributed by atoms with Crippen LogP contribution in [0.15, 0.2) is 24.3 Å². The van der Waals surface area contributed by atoms with Crippen molar-refractivity contribution in [2.75, 3.05) is 11.5 Å². The molecule has 0 saturated carbocycles. The number of nitrogens with zero attached hydrogens (tertiary/aromatic N) is 1. The van der Waals surface area contributed by atoms with Crippen molar-refractivity contribution in [2.45, 2.75) is 24.4 Å². The lowest BCUT2D eigenvalue weighted by atomic mass is 10.0. The van der Waals surface area contributed by atoms with E-state index in [0.29, 0.717) is 5.02 Å². The van der Waals surface area contributed by atoms with E-state index in [-0.39, 0.29) is 5.69 Å². The molecule has 0 aliphatic carbocycles. The number of hydrogen-bond acceptors (Lipinski definition) is 6. The second-order valence-electron chi connectivity index (χ2n) is 4.81. The van der Waals surface area contributed by atoms with Crippen molar-refractivity contribution in [3.05, 3.63) is 29.3 Å². The molecule has 1 aromatic rings. The highest BCUT2D eigenvalue weighted by molar-refractivity contribution is 6.30. The number of rotatable bonds is 5. The molecule has 120 valence electrons. The fraction of sp³-hybridized carbons (Fsp3) is 0.385. The van der Waals surface area contributed by atoms with Crippen LogP contribution in [0.2, 0.25) is 5.02 Å². The van der Waals surface area contributed by atoms with Gasteiger partial charge in [0.2, 0.25) is 0 Å². The van der Waals surface area contributed by atoms with Gasteiger partial charge in [0.25, 0.3) is 5.91 Å². The number of imide groups is 1. The molecule has 22 heavy (non-hydrogen) atoms. The van der Waals surface area contributed by atoms with E-state index in [2.05, 4.69) is 5.32 Å². The number of halogens is 1. The van der Waals surface area contributed by atoms with Crippen LogP contribution in [0, 0.1) is 0 Å². The molecule has 0 spiro atoms. The molecule has 5 N–H and O–H groups in total. The average Bonchev–Trinajstić information content (AvgIpc) is 2.81. The van der Waals surface area contributed by atoms with Gasteiger partial charge in [-0.25, -0.2) is 9.69 Å². The van der Waals surface area contributed by atoms with E-state index < -0.39 is 42.9 Å². The number of aliphatic hydroxyl groups excluding tert-OH is 4. The Morgan fingerprint density at radius 2 is 1.77 bits per heavy atom. The summed E-state index contributed by atoms with van der Waals surface area (Å²) < 4.78 is 0. The summed E-state index contributed by atoms with van der Waals surface area (Å²) in [5, 5.41) is 40.3. The fourth-order valence-corrected chi connectivity index (χ4v) is 2.22. The standard InChI is InChI=1S/C13H15ClN2O6/c14-6-1-3-7(4-2-6)16-12(21)9(15-13(16)22)11(20)10(19)8(18)5-17/h1-4,8-11,17-20H,5H2,(H,15,22)/t8-,9-,10-,11-/m1/s1. The van der Waals surface area contributed by atoms with Gasteiger partial charge in [0.15, 0.2) is 0 Å². The molecular weight excluding hydrogens is 316 g/mol. The van der Waals surface area contributed by atoms with Crippen LogP contribution in [0.1, 0.15) is 0 Å². The number of carbonyl (C=O) groups excluding carboxylic acids is 2. The van der Waals surface area contributed by atoms with Gasteiger partial charge in [-0.1, -0.05) is 11.6 Å². The molecule has 0 aromatic heterocycles. The minimum Gasteiger partial charge on any atom is -0.394 e. The summed E-state index contributed by atoms with van der Waals surface area (Å²) in [7, 11) is 0. The van der Waals surface area contributed by atoms with Gasteiger partial charge in [-0.05, 0) is 24.3 Å². The van der Waals surface area contributed by atoms with Crippen molar-refractivity contribution < 1.29 is 30.0 Å². The lowest BCUT2D eigenvalue weighted by Crippen LogP contribution is -2.52. The Kier molecular flexibility index (Phi) is 4.99. The first-order chi connectivity index (χ1) is 10.4. The zero-order chi connectivity index (χ0) is 16.4. The zero-order valence-corrected chi connectivity index (χ0v) is 12.0. The van der Waals surface area contributed by atoms with Gasteiger partial charge in [-0.2, -0.15) is 0 Å². The second-order valence-corrected chi connectivity index (χ2v) is 5.24. The van der Waals surface area contributed by atoms with Gasteiger partial charge < -0.3 is 25.7 Å². The highest BCUT2D eigenvalue weighted by Crippen LogP contribution is 2.23. The van der Waals surface area contributed by atoms with Crippen LogP contribution in [-0.2, 0) is 4.79 Å². The monoisotopic (exact) mass is 330 g/mol. The molecule has 0 radical (unpaired) electrons.